The first-order valence-electron chi connectivity index (χ1n) is 7.51. The van der Waals surface area contributed by atoms with Gasteiger partial charge in [0, 0.05) is 16.8 Å². The van der Waals surface area contributed by atoms with Gasteiger partial charge in [-0.2, -0.15) is 0 Å². The van der Waals surface area contributed by atoms with Crippen molar-refractivity contribution in [2.75, 3.05) is 11.1 Å². The lowest BCUT2D eigenvalue weighted by Crippen LogP contribution is -2.25. The van der Waals surface area contributed by atoms with Crippen LogP contribution in [0.1, 0.15) is 44.9 Å². The molecule has 0 aliphatic heterocycles. The summed E-state index contributed by atoms with van der Waals surface area (Å²) in [7, 11) is 0. The number of amides is 1. The SMILES string of the molecule is CC(C)OC(=O)c1ccc(C(=O)Nc2cc(N)ccc2C(=O)[O-])cc1. The molecule has 7 nitrogen and oxygen atoms in total. The number of nitrogens with two attached hydrogens (primary N) is 1. The summed E-state index contributed by atoms with van der Waals surface area (Å²) in [5.74, 6) is -2.46. The van der Waals surface area contributed by atoms with Crippen LogP contribution in [0.5, 0.6) is 0 Å². The molecule has 0 saturated carbocycles. The maximum absolute atomic E-state index is 12.3. The molecule has 2 rings (SSSR count). The Morgan fingerprint density at radius 3 is 2.20 bits per heavy atom. The molecule has 1 amide bonds. The van der Waals surface area contributed by atoms with Crippen LogP contribution in [0.2, 0.25) is 0 Å². The van der Waals surface area contributed by atoms with Crippen LogP contribution < -0.4 is 16.2 Å². The van der Waals surface area contributed by atoms with E-state index in [1.807, 2.05) is 0 Å². The fourth-order valence-electron chi connectivity index (χ4n) is 2.08. The first-order chi connectivity index (χ1) is 11.8. The summed E-state index contributed by atoms with van der Waals surface area (Å²) in [5.41, 5.74) is 6.32. The number of hydrogen-bond acceptors (Lipinski definition) is 6. The van der Waals surface area contributed by atoms with E-state index in [9.17, 15) is 19.5 Å². The molecule has 2 aromatic carbocycles. The lowest BCUT2D eigenvalue weighted by molar-refractivity contribution is -0.254. The van der Waals surface area contributed by atoms with Crippen molar-refractivity contribution in [3.05, 3.63) is 59.2 Å². The van der Waals surface area contributed by atoms with Crippen LogP contribution >= 0.6 is 0 Å². The van der Waals surface area contributed by atoms with Gasteiger partial charge in [0.15, 0.2) is 0 Å². The second-order valence-electron chi connectivity index (χ2n) is 5.58. The number of aromatic carboxylic acids is 1. The highest BCUT2D eigenvalue weighted by atomic mass is 16.5. The summed E-state index contributed by atoms with van der Waals surface area (Å²) in [5, 5.41) is 13.6. The molecular formula is C18H17N2O5-. The third-order valence-corrected chi connectivity index (χ3v) is 3.24. The van der Waals surface area contributed by atoms with Crippen molar-refractivity contribution in [3.8, 4) is 0 Å². The number of nitrogen functional groups attached to an aromatic ring is 1. The number of carbonyl (C=O) groups excluding carboxylic acids is 3. The van der Waals surface area contributed by atoms with Crippen LogP contribution in [0.4, 0.5) is 11.4 Å². The van der Waals surface area contributed by atoms with E-state index in [0.717, 1.165) is 0 Å². The number of rotatable bonds is 5. The molecule has 0 radical (unpaired) electrons. The van der Waals surface area contributed by atoms with Gasteiger partial charge in [0.05, 0.1) is 23.3 Å². The lowest BCUT2D eigenvalue weighted by atomic mass is 10.1. The van der Waals surface area contributed by atoms with Crippen LogP contribution in [-0.2, 0) is 4.74 Å². The highest BCUT2D eigenvalue weighted by Crippen LogP contribution is 2.20. The Kier molecular flexibility index (Phi) is 5.38. The predicted molar refractivity (Wildman–Crippen MR) is 90.1 cm³/mol. The Morgan fingerprint density at radius 2 is 1.64 bits per heavy atom. The molecule has 130 valence electrons. The minimum absolute atomic E-state index is 0.0355. The van der Waals surface area contributed by atoms with Gasteiger partial charge >= 0.3 is 5.97 Å². The summed E-state index contributed by atoms with van der Waals surface area (Å²) in [6.07, 6.45) is -0.248. The van der Waals surface area contributed by atoms with Crippen molar-refractivity contribution < 1.29 is 24.2 Å². The van der Waals surface area contributed by atoms with E-state index in [1.54, 1.807) is 13.8 Å². The standard InChI is InChI=1S/C18H18N2O5/c1-10(2)25-18(24)12-5-3-11(4-6-12)16(21)20-15-9-13(19)7-8-14(15)17(22)23/h3-10H,19H2,1-2H3,(H,20,21)(H,22,23)/p-1. The summed E-state index contributed by atoms with van der Waals surface area (Å²) in [4.78, 5) is 35.2. The van der Waals surface area contributed by atoms with Crippen molar-refractivity contribution in [3.63, 3.8) is 0 Å². The molecule has 0 aromatic heterocycles. The van der Waals surface area contributed by atoms with E-state index in [0.29, 0.717) is 11.3 Å². The largest absolute Gasteiger partial charge is 0.545 e. The van der Waals surface area contributed by atoms with E-state index >= 15 is 0 Å². The van der Waals surface area contributed by atoms with Crippen molar-refractivity contribution in [2.24, 2.45) is 0 Å². The first-order valence-corrected chi connectivity index (χ1v) is 7.51. The Hall–Kier alpha value is -3.35. The molecule has 0 unspecified atom stereocenters. The van der Waals surface area contributed by atoms with Crippen LogP contribution in [0, 0.1) is 0 Å². The van der Waals surface area contributed by atoms with Crippen LogP contribution in [0.25, 0.3) is 0 Å². The summed E-state index contributed by atoms with van der Waals surface area (Å²) in [6.45, 7) is 3.47. The monoisotopic (exact) mass is 341 g/mol. The molecule has 0 spiro atoms. The topological polar surface area (TPSA) is 122 Å². The molecule has 25 heavy (non-hydrogen) atoms. The number of nitrogens with one attached hydrogen (secondary N) is 1. The molecule has 0 atom stereocenters. The number of anilines is 2. The molecule has 2 aromatic rings. The molecule has 7 heteroatoms. The van der Waals surface area contributed by atoms with Crippen molar-refractivity contribution in [1.29, 1.82) is 0 Å². The third-order valence-electron chi connectivity index (χ3n) is 3.24. The summed E-state index contributed by atoms with van der Waals surface area (Å²) < 4.78 is 5.06. The molecule has 0 aliphatic carbocycles. The number of carboxylic acid groups (broad SMARTS) is 1. The quantitative estimate of drug-likeness (QED) is 0.627. The second kappa shape index (κ2) is 7.48. The molecule has 0 heterocycles. The Bertz CT molecular complexity index is 813. The molecule has 0 fully saturated rings. The van der Waals surface area contributed by atoms with E-state index in [1.165, 1.54) is 42.5 Å². The van der Waals surface area contributed by atoms with Gasteiger partial charge in [0.2, 0.25) is 0 Å². The summed E-state index contributed by atoms with van der Waals surface area (Å²) >= 11 is 0. The average molecular weight is 341 g/mol. The molecule has 3 N–H and O–H groups in total. The van der Waals surface area contributed by atoms with Gasteiger partial charge in [-0.3, -0.25) is 4.79 Å². The first kappa shape index (κ1) is 18.0. The molecule has 0 bridgehead atoms. The van der Waals surface area contributed by atoms with E-state index in [4.69, 9.17) is 10.5 Å². The zero-order valence-electron chi connectivity index (χ0n) is 13.7. The fourth-order valence-corrected chi connectivity index (χ4v) is 2.08. The highest BCUT2D eigenvalue weighted by molar-refractivity contribution is 6.08. The Labute approximate surface area is 144 Å². The number of benzene rings is 2. The molecular weight excluding hydrogens is 324 g/mol. The second-order valence-corrected chi connectivity index (χ2v) is 5.58. The van der Waals surface area contributed by atoms with Gasteiger partial charge in [0.1, 0.15) is 0 Å². The zero-order valence-corrected chi connectivity index (χ0v) is 13.7. The Morgan fingerprint density at radius 1 is 1.04 bits per heavy atom. The fraction of sp³-hybridized carbons (Fsp3) is 0.167. The van der Waals surface area contributed by atoms with Gasteiger partial charge in [0.25, 0.3) is 5.91 Å². The number of carboxylic acids is 1. The van der Waals surface area contributed by atoms with E-state index < -0.39 is 17.8 Å². The van der Waals surface area contributed by atoms with Gasteiger partial charge in [-0.05, 0) is 56.3 Å². The van der Waals surface area contributed by atoms with E-state index in [-0.39, 0.29) is 22.9 Å². The van der Waals surface area contributed by atoms with Gasteiger partial charge in [-0.25, -0.2) is 4.79 Å². The minimum Gasteiger partial charge on any atom is -0.545 e. The van der Waals surface area contributed by atoms with Crippen molar-refractivity contribution in [1.82, 2.24) is 0 Å². The van der Waals surface area contributed by atoms with Crippen LogP contribution in [0.3, 0.4) is 0 Å². The maximum atomic E-state index is 12.3. The number of hydrogen-bond donors (Lipinski definition) is 2. The van der Waals surface area contributed by atoms with Gasteiger partial charge in [-0.15, -0.1) is 0 Å². The van der Waals surface area contributed by atoms with Gasteiger partial charge < -0.3 is 25.7 Å². The van der Waals surface area contributed by atoms with Crippen molar-refractivity contribution in [2.45, 2.75) is 20.0 Å². The maximum Gasteiger partial charge on any atom is 0.338 e. The van der Waals surface area contributed by atoms with E-state index in [2.05, 4.69) is 5.32 Å². The zero-order chi connectivity index (χ0) is 18.6. The van der Waals surface area contributed by atoms with Crippen LogP contribution in [-0.4, -0.2) is 23.9 Å². The number of esters is 1. The average Bonchev–Trinajstić information content (AvgIpc) is 2.54. The molecule has 0 saturated heterocycles. The molecule has 0 aliphatic rings. The van der Waals surface area contributed by atoms with Gasteiger partial charge in [-0.1, -0.05) is 0 Å². The smallest absolute Gasteiger partial charge is 0.338 e. The Balaban J connectivity index is 2.18. The summed E-state index contributed by atoms with van der Waals surface area (Å²) in [6, 6.07) is 9.78. The van der Waals surface area contributed by atoms with Crippen molar-refractivity contribution >= 4 is 29.2 Å². The number of ether oxygens (including phenoxy) is 1. The number of carbonyl (C=O) groups is 3. The third kappa shape index (κ3) is 4.57. The highest BCUT2D eigenvalue weighted by Gasteiger charge is 2.13. The minimum atomic E-state index is -1.43. The normalized spacial score (nSPS) is 10.4. The van der Waals surface area contributed by atoms with Crippen LogP contribution in [0.15, 0.2) is 42.5 Å². The predicted octanol–water partition coefficient (Wildman–Crippen LogP) is 1.45. The lowest BCUT2D eigenvalue weighted by Gasteiger charge is -2.13.